The van der Waals surface area contributed by atoms with Crippen LogP contribution in [0.25, 0.3) is 0 Å². The number of guanidine groups is 1. The third kappa shape index (κ3) is 13.1. The molecule has 0 fully saturated rings. The van der Waals surface area contributed by atoms with Crippen molar-refractivity contribution in [3.8, 4) is 0 Å². The van der Waals surface area contributed by atoms with Crippen molar-refractivity contribution in [1.82, 2.24) is 10.6 Å². The normalized spacial score (nSPS) is 10.9. The van der Waals surface area contributed by atoms with E-state index in [1.54, 1.807) is 11.3 Å². The largest absolute Gasteiger partial charge is 0.466 e. The van der Waals surface area contributed by atoms with E-state index in [2.05, 4.69) is 40.1 Å². The number of esters is 1. The summed E-state index contributed by atoms with van der Waals surface area (Å²) in [6.07, 6.45) is 5.65. The first kappa shape index (κ1) is 24.2. The third-order valence-corrected chi connectivity index (χ3v) is 4.39. The van der Waals surface area contributed by atoms with Crippen LogP contribution < -0.4 is 10.6 Å². The number of carbonyl (C=O) groups excluding carboxylic acids is 1. The van der Waals surface area contributed by atoms with Crippen LogP contribution in [0.2, 0.25) is 0 Å². The van der Waals surface area contributed by atoms with E-state index in [4.69, 9.17) is 4.74 Å². The zero-order valence-corrected chi connectivity index (χ0v) is 18.5. The molecule has 0 atom stereocenters. The number of nitrogens with zero attached hydrogens (tertiary/aromatic N) is 1. The highest BCUT2D eigenvalue weighted by molar-refractivity contribution is 14.0. The first-order valence-corrected chi connectivity index (χ1v) is 9.84. The van der Waals surface area contributed by atoms with Gasteiger partial charge in [-0.3, -0.25) is 9.79 Å². The maximum atomic E-state index is 11.2. The number of ether oxygens (including phenoxy) is 1. The molecule has 0 aliphatic heterocycles. The van der Waals surface area contributed by atoms with Crippen LogP contribution in [0, 0.1) is 0 Å². The number of aliphatic imine (C=N–C) groups is 1. The van der Waals surface area contributed by atoms with Crippen LogP contribution in [0.4, 0.5) is 0 Å². The Bertz CT molecular complexity index is 467. The lowest BCUT2D eigenvalue weighted by Gasteiger charge is -2.10. The number of carbonyl (C=O) groups is 1. The molecule has 25 heavy (non-hydrogen) atoms. The zero-order chi connectivity index (χ0) is 17.5. The standard InChI is InChI=1S/C18H31N3O2S.HI/c1-3-19-18(21-14-12-16-10-9-15-24-16)20-13-8-6-5-7-11-17(22)23-4-2;/h9-10,15H,3-8,11-14H2,1-2H3,(H2,19,20,21);1H. The number of halogens is 1. The Balaban J connectivity index is 0.00000576. The summed E-state index contributed by atoms with van der Waals surface area (Å²) in [5, 5.41) is 8.76. The van der Waals surface area contributed by atoms with Crippen molar-refractivity contribution in [1.29, 1.82) is 0 Å². The molecule has 0 amide bonds. The van der Waals surface area contributed by atoms with Crippen molar-refractivity contribution >= 4 is 47.2 Å². The fraction of sp³-hybridized carbons (Fsp3) is 0.667. The smallest absolute Gasteiger partial charge is 0.305 e. The second-order valence-electron chi connectivity index (χ2n) is 5.49. The van der Waals surface area contributed by atoms with Crippen molar-refractivity contribution in [2.45, 2.75) is 52.4 Å². The molecule has 7 heteroatoms. The van der Waals surface area contributed by atoms with Gasteiger partial charge in [-0.25, -0.2) is 0 Å². The Labute approximate surface area is 173 Å². The Morgan fingerprint density at radius 3 is 2.68 bits per heavy atom. The maximum Gasteiger partial charge on any atom is 0.305 e. The average Bonchev–Trinajstić information content (AvgIpc) is 3.07. The van der Waals surface area contributed by atoms with Gasteiger partial charge in [-0.05, 0) is 44.6 Å². The monoisotopic (exact) mass is 481 g/mol. The van der Waals surface area contributed by atoms with E-state index in [0.717, 1.165) is 57.7 Å². The van der Waals surface area contributed by atoms with Gasteiger partial charge in [0.1, 0.15) is 0 Å². The summed E-state index contributed by atoms with van der Waals surface area (Å²) >= 11 is 1.79. The summed E-state index contributed by atoms with van der Waals surface area (Å²) < 4.78 is 4.92. The molecule has 0 aliphatic carbocycles. The third-order valence-electron chi connectivity index (χ3n) is 3.45. The van der Waals surface area contributed by atoms with E-state index in [-0.39, 0.29) is 29.9 Å². The molecule has 1 aromatic rings. The van der Waals surface area contributed by atoms with Crippen molar-refractivity contribution in [3.05, 3.63) is 22.4 Å². The Hall–Kier alpha value is -0.830. The molecular formula is C18H32IN3O2S. The van der Waals surface area contributed by atoms with Gasteiger partial charge in [0, 0.05) is 30.9 Å². The zero-order valence-electron chi connectivity index (χ0n) is 15.4. The molecule has 0 saturated heterocycles. The molecule has 0 aliphatic rings. The molecule has 1 aromatic heterocycles. The van der Waals surface area contributed by atoms with Crippen molar-refractivity contribution < 1.29 is 9.53 Å². The van der Waals surface area contributed by atoms with Gasteiger partial charge in [-0.15, -0.1) is 35.3 Å². The second-order valence-corrected chi connectivity index (χ2v) is 6.52. The molecule has 144 valence electrons. The minimum Gasteiger partial charge on any atom is -0.466 e. The highest BCUT2D eigenvalue weighted by Crippen LogP contribution is 2.08. The molecule has 0 saturated carbocycles. The van der Waals surface area contributed by atoms with Crippen LogP contribution in [0.5, 0.6) is 0 Å². The first-order chi connectivity index (χ1) is 11.8. The predicted octanol–water partition coefficient (Wildman–Crippen LogP) is 3.98. The van der Waals surface area contributed by atoms with E-state index in [1.165, 1.54) is 4.88 Å². The van der Waals surface area contributed by atoms with Crippen molar-refractivity contribution in [2.75, 3.05) is 26.2 Å². The summed E-state index contributed by atoms with van der Waals surface area (Å²) in [7, 11) is 0. The van der Waals surface area contributed by atoms with E-state index in [0.29, 0.717) is 13.0 Å². The second kappa shape index (κ2) is 16.6. The Kier molecular flexibility index (Phi) is 16.1. The fourth-order valence-electron chi connectivity index (χ4n) is 2.26. The number of hydrogen-bond acceptors (Lipinski definition) is 4. The summed E-state index contributed by atoms with van der Waals surface area (Å²) in [6, 6.07) is 4.24. The van der Waals surface area contributed by atoms with Gasteiger partial charge in [0.15, 0.2) is 5.96 Å². The van der Waals surface area contributed by atoms with Gasteiger partial charge >= 0.3 is 5.97 Å². The van der Waals surface area contributed by atoms with Crippen LogP contribution in [-0.2, 0) is 16.0 Å². The Morgan fingerprint density at radius 2 is 2.00 bits per heavy atom. The van der Waals surface area contributed by atoms with E-state index >= 15 is 0 Å². The van der Waals surface area contributed by atoms with Crippen LogP contribution in [0.1, 0.15) is 50.8 Å². The average molecular weight is 481 g/mol. The minimum absolute atomic E-state index is 0. The number of hydrogen-bond donors (Lipinski definition) is 2. The van der Waals surface area contributed by atoms with Crippen LogP contribution >= 0.6 is 35.3 Å². The van der Waals surface area contributed by atoms with Crippen molar-refractivity contribution in [2.24, 2.45) is 4.99 Å². The van der Waals surface area contributed by atoms with Gasteiger partial charge in [-0.2, -0.15) is 0 Å². The SMILES string of the molecule is CCNC(=NCCCCCCC(=O)OCC)NCCc1cccs1.I. The Morgan fingerprint density at radius 1 is 1.20 bits per heavy atom. The van der Waals surface area contributed by atoms with Crippen LogP contribution in [-0.4, -0.2) is 38.2 Å². The molecule has 5 nitrogen and oxygen atoms in total. The lowest BCUT2D eigenvalue weighted by Crippen LogP contribution is -2.38. The van der Waals surface area contributed by atoms with Gasteiger partial charge < -0.3 is 15.4 Å². The molecule has 0 bridgehead atoms. The molecule has 0 aromatic carbocycles. The molecule has 2 N–H and O–H groups in total. The topological polar surface area (TPSA) is 62.7 Å². The van der Waals surface area contributed by atoms with Crippen LogP contribution in [0.3, 0.4) is 0 Å². The highest BCUT2D eigenvalue weighted by atomic mass is 127. The highest BCUT2D eigenvalue weighted by Gasteiger charge is 2.01. The molecule has 0 spiro atoms. The van der Waals surface area contributed by atoms with E-state index in [9.17, 15) is 4.79 Å². The van der Waals surface area contributed by atoms with Crippen molar-refractivity contribution in [3.63, 3.8) is 0 Å². The lowest BCUT2D eigenvalue weighted by atomic mass is 10.1. The molecular weight excluding hydrogens is 449 g/mol. The molecule has 1 heterocycles. The number of rotatable bonds is 12. The van der Waals surface area contributed by atoms with E-state index < -0.39 is 0 Å². The van der Waals surface area contributed by atoms with Gasteiger partial charge in [-0.1, -0.05) is 18.9 Å². The molecule has 0 radical (unpaired) electrons. The molecule has 0 unspecified atom stereocenters. The van der Waals surface area contributed by atoms with Gasteiger partial charge in [0.25, 0.3) is 0 Å². The summed E-state index contributed by atoms with van der Waals surface area (Å²) in [5.74, 6) is 0.806. The number of thiophene rings is 1. The fourth-order valence-corrected chi connectivity index (χ4v) is 2.97. The molecule has 1 rings (SSSR count). The van der Waals surface area contributed by atoms with E-state index in [1.807, 2.05) is 6.92 Å². The summed E-state index contributed by atoms with van der Waals surface area (Å²) in [4.78, 5) is 17.2. The van der Waals surface area contributed by atoms with Crippen LogP contribution in [0.15, 0.2) is 22.5 Å². The first-order valence-electron chi connectivity index (χ1n) is 8.96. The summed E-state index contributed by atoms with van der Waals surface area (Å²) in [5.41, 5.74) is 0. The summed E-state index contributed by atoms with van der Waals surface area (Å²) in [6.45, 7) is 6.96. The van der Waals surface area contributed by atoms with Gasteiger partial charge in [0.05, 0.1) is 6.61 Å². The maximum absolute atomic E-state index is 11.2. The lowest BCUT2D eigenvalue weighted by molar-refractivity contribution is -0.143. The minimum atomic E-state index is -0.0834. The number of unbranched alkanes of at least 4 members (excludes halogenated alkanes) is 3. The van der Waals surface area contributed by atoms with Gasteiger partial charge in [0.2, 0.25) is 0 Å². The quantitative estimate of drug-likeness (QED) is 0.156. The predicted molar refractivity (Wildman–Crippen MR) is 117 cm³/mol. The number of nitrogens with one attached hydrogen (secondary N) is 2.